The third-order valence-corrected chi connectivity index (χ3v) is 4.39. The zero-order valence-corrected chi connectivity index (χ0v) is 13.9. The molecule has 1 aromatic heterocycles. The smallest absolute Gasteiger partial charge is 0.409 e. The number of ether oxygens (including phenoxy) is 1. The molecule has 7 nitrogen and oxygen atoms in total. The molecule has 0 saturated carbocycles. The highest BCUT2D eigenvalue weighted by atomic mass is 19.1. The summed E-state index contributed by atoms with van der Waals surface area (Å²) in [7, 11) is 1.32. The Labute approximate surface area is 142 Å². The number of carbonyl (C=O) groups excluding carboxylic acids is 1. The molecule has 1 amide bonds. The number of nitrogen functional groups attached to an aromatic ring is 1. The van der Waals surface area contributed by atoms with Crippen molar-refractivity contribution in [2.75, 3.05) is 25.9 Å². The molecule has 3 rings (SSSR count). The van der Waals surface area contributed by atoms with Crippen molar-refractivity contribution >= 4 is 11.8 Å². The van der Waals surface area contributed by atoms with Crippen molar-refractivity contribution < 1.29 is 22.8 Å². The van der Waals surface area contributed by atoms with Gasteiger partial charge in [-0.15, -0.1) is 0 Å². The molecule has 1 aliphatic heterocycles. The lowest BCUT2D eigenvalue weighted by atomic mass is 9.98. The lowest BCUT2D eigenvalue weighted by molar-refractivity contribution is 0.107. The Morgan fingerprint density at radius 3 is 2.96 bits per heavy atom. The standard InChI is InChI=1S/C16H18F2N4O3/c1-8-11(17)6-10(12(18)13(8)19)14-20-15(25-21-14)9-4-3-5-22(7-9)16(23)24-2/h6,9H,3-5,7,19H2,1-2H3/t9-/m1/s1. The monoisotopic (exact) mass is 352 g/mol. The van der Waals surface area contributed by atoms with E-state index in [-0.39, 0.29) is 34.4 Å². The number of rotatable bonds is 2. The van der Waals surface area contributed by atoms with Gasteiger partial charge in [0.05, 0.1) is 24.3 Å². The average molecular weight is 352 g/mol. The molecule has 1 atom stereocenters. The van der Waals surface area contributed by atoms with Crippen LogP contribution in [0.15, 0.2) is 10.6 Å². The number of hydrogen-bond donors (Lipinski definition) is 1. The lowest BCUT2D eigenvalue weighted by Gasteiger charge is -2.29. The molecule has 1 fully saturated rings. The summed E-state index contributed by atoms with van der Waals surface area (Å²) in [6.07, 6.45) is 1.06. The molecule has 9 heteroatoms. The molecule has 1 saturated heterocycles. The van der Waals surface area contributed by atoms with Crippen LogP contribution in [-0.4, -0.2) is 41.3 Å². The molecule has 0 aliphatic carbocycles. The van der Waals surface area contributed by atoms with Gasteiger partial charge < -0.3 is 19.9 Å². The first kappa shape index (κ1) is 17.1. The van der Waals surface area contributed by atoms with E-state index in [9.17, 15) is 13.6 Å². The maximum Gasteiger partial charge on any atom is 0.409 e. The Balaban J connectivity index is 1.87. The molecule has 25 heavy (non-hydrogen) atoms. The first-order valence-corrected chi connectivity index (χ1v) is 7.83. The minimum atomic E-state index is -0.786. The second-order valence-electron chi connectivity index (χ2n) is 5.97. The fourth-order valence-electron chi connectivity index (χ4n) is 2.88. The number of nitrogens with zero attached hydrogens (tertiary/aromatic N) is 3. The van der Waals surface area contributed by atoms with E-state index in [1.807, 2.05) is 0 Å². The Morgan fingerprint density at radius 2 is 2.24 bits per heavy atom. The third-order valence-electron chi connectivity index (χ3n) is 4.39. The van der Waals surface area contributed by atoms with Crippen molar-refractivity contribution in [2.24, 2.45) is 0 Å². The van der Waals surface area contributed by atoms with Crippen LogP contribution >= 0.6 is 0 Å². The van der Waals surface area contributed by atoms with Gasteiger partial charge in [-0.2, -0.15) is 4.98 Å². The highest BCUT2D eigenvalue weighted by Crippen LogP contribution is 2.31. The van der Waals surface area contributed by atoms with Gasteiger partial charge in [0, 0.05) is 18.7 Å². The number of hydrogen-bond acceptors (Lipinski definition) is 6. The van der Waals surface area contributed by atoms with E-state index in [4.69, 9.17) is 15.0 Å². The van der Waals surface area contributed by atoms with Gasteiger partial charge in [-0.1, -0.05) is 5.16 Å². The number of likely N-dealkylation sites (tertiary alicyclic amines) is 1. The van der Waals surface area contributed by atoms with Crippen LogP contribution < -0.4 is 5.73 Å². The number of methoxy groups -OCH3 is 1. The van der Waals surface area contributed by atoms with E-state index >= 15 is 0 Å². The molecule has 1 aromatic carbocycles. The summed E-state index contributed by atoms with van der Waals surface area (Å²) in [5.74, 6) is -1.43. The Morgan fingerprint density at radius 1 is 1.48 bits per heavy atom. The van der Waals surface area contributed by atoms with Crippen LogP contribution in [0.4, 0.5) is 19.3 Å². The Kier molecular flexibility index (Phi) is 4.56. The fourth-order valence-corrected chi connectivity index (χ4v) is 2.88. The summed E-state index contributed by atoms with van der Waals surface area (Å²) in [6.45, 7) is 2.34. The van der Waals surface area contributed by atoms with E-state index in [1.54, 1.807) is 4.90 Å². The van der Waals surface area contributed by atoms with Crippen LogP contribution in [0, 0.1) is 18.6 Å². The second kappa shape index (κ2) is 6.66. The first-order chi connectivity index (χ1) is 11.9. The van der Waals surface area contributed by atoms with Gasteiger partial charge >= 0.3 is 6.09 Å². The predicted molar refractivity (Wildman–Crippen MR) is 84.8 cm³/mol. The van der Waals surface area contributed by atoms with Gasteiger partial charge in [-0.05, 0) is 25.8 Å². The summed E-state index contributed by atoms with van der Waals surface area (Å²) in [5, 5.41) is 3.74. The molecule has 134 valence electrons. The predicted octanol–water partition coefficient (Wildman–Crippen LogP) is 2.85. The number of halogens is 2. The van der Waals surface area contributed by atoms with Gasteiger partial charge in [-0.25, -0.2) is 13.6 Å². The van der Waals surface area contributed by atoms with Crippen molar-refractivity contribution in [2.45, 2.75) is 25.7 Å². The van der Waals surface area contributed by atoms with Gasteiger partial charge in [-0.3, -0.25) is 0 Å². The molecule has 2 N–H and O–H groups in total. The minimum absolute atomic E-state index is 0.0333. The lowest BCUT2D eigenvalue weighted by Crippen LogP contribution is -2.39. The van der Waals surface area contributed by atoms with Crippen LogP contribution in [0.5, 0.6) is 0 Å². The zero-order valence-electron chi connectivity index (χ0n) is 13.9. The van der Waals surface area contributed by atoms with Crippen LogP contribution in [-0.2, 0) is 4.74 Å². The second-order valence-corrected chi connectivity index (χ2v) is 5.97. The number of amides is 1. The number of piperidine rings is 1. The first-order valence-electron chi connectivity index (χ1n) is 7.83. The molecular formula is C16H18F2N4O3. The maximum atomic E-state index is 14.3. The van der Waals surface area contributed by atoms with Crippen molar-refractivity contribution in [3.8, 4) is 11.4 Å². The molecule has 2 aromatic rings. The van der Waals surface area contributed by atoms with E-state index in [0.29, 0.717) is 13.1 Å². The van der Waals surface area contributed by atoms with Gasteiger partial charge in [0.15, 0.2) is 5.82 Å². The molecule has 0 unspecified atom stereocenters. The molecule has 0 radical (unpaired) electrons. The number of benzene rings is 1. The topological polar surface area (TPSA) is 94.5 Å². The normalized spacial score (nSPS) is 17.6. The van der Waals surface area contributed by atoms with Gasteiger partial charge in [0.2, 0.25) is 11.7 Å². The van der Waals surface area contributed by atoms with Crippen molar-refractivity contribution in [1.82, 2.24) is 15.0 Å². The highest BCUT2D eigenvalue weighted by molar-refractivity contribution is 5.67. The Hall–Kier alpha value is -2.71. The molecule has 0 spiro atoms. The molecule has 1 aliphatic rings. The van der Waals surface area contributed by atoms with Crippen LogP contribution in [0.25, 0.3) is 11.4 Å². The van der Waals surface area contributed by atoms with Crippen LogP contribution in [0.3, 0.4) is 0 Å². The molecule has 0 bridgehead atoms. The number of carbonyl (C=O) groups is 1. The third kappa shape index (κ3) is 3.13. The fraction of sp³-hybridized carbons (Fsp3) is 0.438. The van der Waals surface area contributed by atoms with Crippen molar-refractivity contribution in [1.29, 1.82) is 0 Å². The summed E-state index contributed by atoms with van der Waals surface area (Å²) in [4.78, 5) is 17.4. The summed E-state index contributed by atoms with van der Waals surface area (Å²) < 4.78 is 38.1. The van der Waals surface area contributed by atoms with Crippen molar-refractivity contribution in [3.05, 3.63) is 29.2 Å². The van der Waals surface area contributed by atoms with E-state index in [1.165, 1.54) is 14.0 Å². The van der Waals surface area contributed by atoms with E-state index < -0.39 is 17.7 Å². The highest BCUT2D eigenvalue weighted by Gasteiger charge is 2.29. The van der Waals surface area contributed by atoms with Crippen molar-refractivity contribution in [3.63, 3.8) is 0 Å². The SMILES string of the molecule is COC(=O)N1CCC[C@@H](c2nc(-c3cc(F)c(C)c(N)c3F)no2)C1. The van der Waals surface area contributed by atoms with Crippen LogP contribution in [0.2, 0.25) is 0 Å². The zero-order chi connectivity index (χ0) is 18.1. The van der Waals surface area contributed by atoms with E-state index in [2.05, 4.69) is 10.1 Å². The number of anilines is 1. The maximum absolute atomic E-state index is 14.3. The average Bonchev–Trinajstić information content (AvgIpc) is 3.12. The number of aromatic nitrogens is 2. The summed E-state index contributed by atoms with van der Waals surface area (Å²) in [5.41, 5.74) is 5.17. The largest absolute Gasteiger partial charge is 0.453 e. The van der Waals surface area contributed by atoms with Gasteiger partial charge in [0.25, 0.3) is 0 Å². The van der Waals surface area contributed by atoms with Gasteiger partial charge in [0.1, 0.15) is 5.82 Å². The molecule has 2 heterocycles. The van der Waals surface area contributed by atoms with E-state index in [0.717, 1.165) is 18.9 Å². The molecular weight excluding hydrogens is 334 g/mol. The minimum Gasteiger partial charge on any atom is -0.453 e. The quantitative estimate of drug-likeness (QED) is 0.835. The van der Waals surface area contributed by atoms with Crippen LogP contribution in [0.1, 0.15) is 30.2 Å². The summed E-state index contributed by atoms with van der Waals surface area (Å²) >= 11 is 0. The summed E-state index contributed by atoms with van der Waals surface area (Å²) in [6, 6.07) is 0.997. The number of nitrogens with two attached hydrogens (primary N) is 1. The Bertz CT molecular complexity index is 809.